The van der Waals surface area contributed by atoms with Crippen LogP contribution in [0.1, 0.15) is 31.7 Å². The highest BCUT2D eigenvalue weighted by atomic mass is 79.9. The molecule has 1 saturated heterocycles. The number of unbranched alkanes of at least 4 members (excludes halogenated alkanes) is 1. The van der Waals surface area contributed by atoms with E-state index in [0.29, 0.717) is 13.0 Å². The first-order valence-corrected chi connectivity index (χ1v) is 9.91. The Bertz CT molecular complexity index is 591. The van der Waals surface area contributed by atoms with Crippen molar-refractivity contribution < 1.29 is 12.8 Å². The molecule has 6 heteroatoms. The molecule has 0 aromatic heterocycles. The van der Waals surface area contributed by atoms with Crippen molar-refractivity contribution in [1.29, 1.82) is 0 Å². The minimum Gasteiger partial charge on any atom is -0.295 e. The van der Waals surface area contributed by atoms with Gasteiger partial charge in [-0.25, -0.2) is 12.8 Å². The zero-order valence-corrected chi connectivity index (χ0v) is 14.6. The first kappa shape index (κ1) is 16.9. The molecule has 0 radical (unpaired) electrons. The van der Waals surface area contributed by atoms with Crippen LogP contribution >= 0.6 is 15.9 Å². The Labute approximate surface area is 134 Å². The zero-order valence-electron chi connectivity index (χ0n) is 12.2. The molecule has 1 heterocycles. The van der Waals surface area contributed by atoms with Gasteiger partial charge in [0.05, 0.1) is 11.5 Å². The molecule has 3 nitrogen and oxygen atoms in total. The molecule has 0 bridgehead atoms. The number of rotatable bonds is 6. The van der Waals surface area contributed by atoms with Crippen LogP contribution in [0.2, 0.25) is 0 Å². The van der Waals surface area contributed by atoms with Gasteiger partial charge in [-0.1, -0.05) is 35.3 Å². The molecular weight excluding hydrogens is 357 g/mol. The Kier molecular flexibility index (Phi) is 5.80. The van der Waals surface area contributed by atoms with E-state index < -0.39 is 9.84 Å². The minimum atomic E-state index is -2.89. The van der Waals surface area contributed by atoms with Crippen LogP contribution in [0.4, 0.5) is 4.39 Å². The Hall–Kier alpha value is -0.460. The van der Waals surface area contributed by atoms with Gasteiger partial charge in [0.1, 0.15) is 5.82 Å². The number of hydrogen-bond acceptors (Lipinski definition) is 3. The molecule has 1 aromatic rings. The minimum absolute atomic E-state index is 0.0819. The third-order valence-corrected chi connectivity index (χ3v) is 6.40. The molecule has 2 rings (SSSR count). The van der Waals surface area contributed by atoms with Gasteiger partial charge in [-0.3, -0.25) is 4.90 Å². The van der Waals surface area contributed by atoms with Crippen molar-refractivity contribution in [3.05, 3.63) is 34.1 Å². The SMILES string of the molecule is CCCCN(Cc1ccc(F)cc1Br)C1CCS(=O)(=O)C1. The molecule has 1 atom stereocenters. The molecule has 21 heavy (non-hydrogen) atoms. The van der Waals surface area contributed by atoms with Crippen molar-refractivity contribution in [2.24, 2.45) is 0 Å². The van der Waals surface area contributed by atoms with Gasteiger partial charge >= 0.3 is 0 Å². The highest BCUT2D eigenvalue weighted by molar-refractivity contribution is 9.10. The fraction of sp³-hybridized carbons (Fsp3) is 0.600. The normalized spacial score (nSPS) is 21.0. The summed E-state index contributed by atoms with van der Waals surface area (Å²) < 4.78 is 37.3. The molecule has 0 amide bonds. The van der Waals surface area contributed by atoms with E-state index in [0.717, 1.165) is 29.4 Å². The van der Waals surface area contributed by atoms with Crippen molar-refractivity contribution in [3.63, 3.8) is 0 Å². The van der Waals surface area contributed by atoms with E-state index >= 15 is 0 Å². The Morgan fingerprint density at radius 3 is 2.76 bits per heavy atom. The summed E-state index contributed by atoms with van der Waals surface area (Å²) in [6, 6.07) is 4.75. The van der Waals surface area contributed by atoms with Crippen molar-refractivity contribution in [3.8, 4) is 0 Å². The zero-order chi connectivity index (χ0) is 15.5. The summed E-state index contributed by atoms with van der Waals surface area (Å²) >= 11 is 3.39. The van der Waals surface area contributed by atoms with E-state index in [1.165, 1.54) is 12.1 Å². The van der Waals surface area contributed by atoms with Crippen LogP contribution in [-0.2, 0) is 16.4 Å². The van der Waals surface area contributed by atoms with Crippen LogP contribution in [-0.4, -0.2) is 37.4 Å². The third kappa shape index (κ3) is 4.76. The average Bonchev–Trinajstić information content (AvgIpc) is 2.77. The van der Waals surface area contributed by atoms with Crippen LogP contribution < -0.4 is 0 Å². The quantitative estimate of drug-likeness (QED) is 0.762. The summed E-state index contributed by atoms with van der Waals surface area (Å²) in [7, 11) is -2.89. The van der Waals surface area contributed by atoms with Gasteiger partial charge in [0.15, 0.2) is 9.84 Å². The van der Waals surface area contributed by atoms with Crippen LogP contribution in [0.3, 0.4) is 0 Å². The molecule has 0 saturated carbocycles. The van der Waals surface area contributed by atoms with E-state index in [2.05, 4.69) is 27.8 Å². The highest BCUT2D eigenvalue weighted by Gasteiger charge is 2.32. The van der Waals surface area contributed by atoms with Crippen molar-refractivity contribution in [2.45, 2.75) is 38.8 Å². The lowest BCUT2D eigenvalue weighted by Crippen LogP contribution is -2.36. The number of hydrogen-bond donors (Lipinski definition) is 0. The number of nitrogens with zero attached hydrogens (tertiary/aromatic N) is 1. The first-order valence-electron chi connectivity index (χ1n) is 7.29. The van der Waals surface area contributed by atoms with Crippen LogP contribution in [0.5, 0.6) is 0 Å². The lowest BCUT2D eigenvalue weighted by Gasteiger charge is -2.28. The summed E-state index contributed by atoms with van der Waals surface area (Å²) in [6.45, 7) is 3.65. The van der Waals surface area contributed by atoms with E-state index in [-0.39, 0.29) is 23.4 Å². The maximum atomic E-state index is 13.2. The molecule has 1 aliphatic rings. The maximum Gasteiger partial charge on any atom is 0.151 e. The summed E-state index contributed by atoms with van der Waals surface area (Å²) in [5.74, 6) is 0.259. The van der Waals surface area contributed by atoms with Gasteiger partial charge in [0, 0.05) is 17.1 Å². The molecule has 1 aromatic carbocycles. The molecule has 0 N–H and O–H groups in total. The smallest absolute Gasteiger partial charge is 0.151 e. The largest absolute Gasteiger partial charge is 0.295 e. The number of sulfone groups is 1. The predicted octanol–water partition coefficient (Wildman–Crippen LogP) is 3.38. The Morgan fingerprint density at radius 1 is 1.43 bits per heavy atom. The summed E-state index contributed by atoms with van der Waals surface area (Å²) in [4.78, 5) is 2.23. The molecular formula is C15H21BrFNO2S. The monoisotopic (exact) mass is 377 g/mol. The second-order valence-corrected chi connectivity index (χ2v) is 8.70. The molecule has 118 valence electrons. The van der Waals surface area contributed by atoms with Gasteiger partial charge in [-0.05, 0) is 37.1 Å². The topological polar surface area (TPSA) is 37.4 Å². The van der Waals surface area contributed by atoms with Crippen LogP contribution in [0, 0.1) is 5.82 Å². The Balaban J connectivity index is 2.12. The maximum absolute atomic E-state index is 13.2. The molecule has 0 aliphatic carbocycles. The number of benzene rings is 1. The summed E-state index contributed by atoms with van der Waals surface area (Å²) in [5, 5.41) is 0. The van der Waals surface area contributed by atoms with Crippen molar-refractivity contribution in [1.82, 2.24) is 4.90 Å². The van der Waals surface area contributed by atoms with Gasteiger partial charge in [0.25, 0.3) is 0 Å². The van der Waals surface area contributed by atoms with Crippen molar-refractivity contribution >= 4 is 25.8 Å². The van der Waals surface area contributed by atoms with E-state index in [1.807, 2.05) is 0 Å². The predicted molar refractivity (Wildman–Crippen MR) is 86.5 cm³/mol. The highest BCUT2D eigenvalue weighted by Crippen LogP contribution is 2.24. The molecule has 0 spiro atoms. The molecule has 1 aliphatic heterocycles. The lowest BCUT2D eigenvalue weighted by molar-refractivity contribution is 0.200. The van der Waals surface area contributed by atoms with E-state index in [1.54, 1.807) is 6.07 Å². The van der Waals surface area contributed by atoms with Gasteiger partial charge in [-0.15, -0.1) is 0 Å². The fourth-order valence-electron chi connectivity index (χ4n) is 2.68. The van der Waals surface area contributed by atoms with Gasteiger partial charge in [0.2, 0.25) is 0 Å². The van der Waals surface area contributed by atoms with Crippen LogP contribution in [0.25, 0.3) is 0 Å². The van der Waals surface area contributed by atoms with Gasteiger partial charge in [-0.2, -0.15) is 0 Å². The first-order chi connectivity index (χ1) is 9.91. The standard InChI is InChI=1S/C15H21BrFNO2S/c1-2-3-7-18(14-6-8-21(19,20)11-14)10-12-4-5-13(17)9-15(12)16/h4-5,9,14H,2-3,6-8,10-11H2,1H3. The fourth-order valence-corrected chi connectivity index (χ4v) is 4.92. The van der Waals surface area contributed by atoms with Crippen LogP contribution in [0.15, 0.2) is 22.7 Å². The molecule has 1 fully saturated rings. The Morgan fingerprint density at radius 2 is 2.19 bits per heavy atom. The van der Waals surface area contributed by atoms with Crippen molar-refractivity contribution in [2.75, 3.05) is 18.1 Å². The van der Waals surface area contributed by atoms with Gasteiger partial charge < -0.3 is 0 Å². The van der Waals surface area contributed by atoms with E-state index in [9.17, 15) is 12.8 Å². The van der Waals surface area contributed by atoms with E-state index in [4.69, 9.17) is 0 Å². The number of halogens is 2. The summed E-state index contributed by atoms with van der Waals surface area (Å²) in [6.07, 6.45) is 2.81. The second-order valence-electron chi connectivity index (χ2n) is 5.62. The average molecular weight is 378 g/mol. The second kappa shape index (κ2) is 7.20. The summed E-state index contributed by atoms with van der Waals surface area (Å²) in [5.41, 5.74) is 0.997. The molecule has 1 unspecified atom stereocenters. The lowest BCUT2D eigenvalue weighted by atomic mass is 10.1. The third-order valence-electron chi connectivity index (χ3n) is 3.91.